The molecule has 0 spiro atoms. The molecule has 1 saturated heterocycles. The van der Waals surface area contributed by atoms with Crippen LogP contribution in [0.4, 0.5) is 4.79 Å². The van der Waals surface area contributed by atoms with Gasteiger partial charge in [-0.05, 0) is 19.3 Å². The Hall–Kier alpha value is -0.730. The molecular weight excluding hydrogens is 116 g/mol. The van der Waals surface area contributed by atoms with E-state index in [2.05, 4.69) is 10.6 Å². The van der Waals surface area contributed by atoms with Crippen molar-refractivity contribution in [2.24, 2.45) is 0 Å². The number of carbonyl (C=O) groups is 1. The summed E-state index contributed by atoms with van der Waals surface area (Å²) >= 11 is 0. The minimum Gasteiger partial charge on any atom is -0.332 e. The number of nitrogens with zero attached hydrogens (tertiary/aromatic N) is 1. The zero-order chi connectivity index (χ0) is 6.27. The van der Waals surface area contributed by atoms with E-state index in [9.17, 15) is 4.79 Å². The number of urea groups is 1. The SMILES string of the molecule is O=C1[N]C2CCCC2N1. The van der Waals surface area contributed by atoms with Crippen molar-refractivity contribution in [3.63, 3.8) is 0 Å². The van der Waals surface area contributed by atoms with E-state index in [0.29, 0.717) is 12.1 Å². The maximum absolute atomic E-state index is 10.6. The highest BCUT2D eigenvalue weighted by Crippen LogP contribution is 2.22. The predicted molar refractivity (Wildman–Crippen MR) is 32.1 cm³/mol. The van der Waals surface area contributed by atoms with Gasteiger partial charge >= 0.3 is 6.03 Å². The Morgan fingerprint density at radius 3 is 3.22 bits per heavy atom. The van der Waals surface area contributed by atoms with Gasteiger partial charge in [0, 0.05) is 0 Å². The Labute approximate surface area is 53.8 Å². The molecule has 1 radical (unpaired) electrons. The second kappa shape index (κ2) is 1.62. The van der Waals surface area contributed by atoms with Crippen molar-refractivity contribution in [2.45, 2.75) is 31.3 Å². The lowest BCUT2D eigenvalue weighted by Crippen LogP contribution is -2.26. The molecule has 1 aliphatic heterocycles. The Kier molecular flexibility index (Phi) is 0.917. The quantitative estimate of drug-likeness (QED) is 0.495. The summed E-state index contributed by atoms with van der Waals surface area (Å²) in [5.74, 6) is 0. The number of nitrogens with one attached hydrogen (secondary N) is 1. The maximum atomic E-state index is 10.6. The summed E-state index contributed by atoms with van der Waals surface area (Å²) in [5, 5.41) is 6.71. The molecule has 1 aliphatic carbocycles. The number of hydrogen-bond donors (Lipinski definition) is 1. The van der Waals surface area contributed by atoms with Crippen molar-refractivity contribution >= 4 is 6.03 Å². The molecule has 0 aromatic heterocycles. The van der Waals surface area contributed by atoms with Crippen molar-refractivity contribution in [3.05, 3.63) is 0 Å². The molecule has 1 saturated carbocycles. The minimum atomic E-state index is -0.107. The molecule has 49 valence electrons. The number of rotatable bonds is 0. The molecule has 0 bridgehead atoms. The Morgan fingerprint density at radius 2 is 2.44 bits per heavy atom. The highest BCUT2D eigenvalue weighted by molar-refractivity contribution is 5.77. The van der Waals surface area contributed by atoms with Crippen molar-refractivity contribution in [3.8, 4) is 0 Å². The molecule has 2 fully saturated rings. The van der Waals surface area contributed by atoms with Crippen LogP contribution in [0, 0.1) is 0 Å². The minimum absolute atomic E-state index is 0.107. The third kappa shape index (κ3) is 0.677. The van der Waals surface area contributed by atoms with Crippen molar-refractivity contribution in [1.82, 2.24) is 10.6 Å². The lowest BCUT2D eigenvalue weighted by molar-refractivity contribution is 0.245. The van der Waals surface area contributed by atoms with E-state index < -0.39 is 0 Å². The smallest absolute Gasteiger partial charge is 0.332 e. The van der Waals surface area contributed by atoms with E-state index in [1.54, 1.807) is 0 Å². The largest absolute Gasteiger partial charge is 0.336 e. The van der Waals surface area contributed by atoms with Gasteiger partial charge in [0.1, 0.15) is 0 Å². The molecule has 2 rings (SSSR count). The monoisotopic (exact) mass is 125 g/mol. The molecule has 2 amide bonds. The fourth-order valence-electron chi connectivity index (χ4n) is 1.61. The second-order valence-electron chi connectivity index (χ2n) is 2.68. The fraction of sp³-hybridized carbons (Fsp3) is 0.833. The van der Waals surface area contributed by atoms with Crippen molar-refractivity contribution < 1.29 is 4.79 Å². The van der Waals surface area contributed by atoms with Crippen LogP contribution < -0.4 is 10.6 Å². The molecule has 9 heavy (non-hydrogen) atoms. The predicted octanol–water partition coefficient (Wildman–Crippen LogP) is 0.235. The summed E-state index contributed by atoms with van der Waals surface area (Å²) in [5.41, 5.74) is 0. The Bertz CT molecular complexity index is 132. The molecule has 2 aliphatic rings. The number of amides is 2. The van der Waals surface area contributed by atoms with E-state index in [4.69, 9.17) is 0 Å². The standard InChI is InChI=1S/C6H9N2O/c9-6-7-4-2-1-3-5(4)8-6/h4-5H,1-3H2,(H,7,9). The van der Waals surface area contributed by atoms with E-state index in [1.807, 2.05) is 0 Å². The molecular formula is C6H9N2O. The van der Waals surface area contributed by atoms with Gasteiger partial charge in [-0.3, -0.25) is 0 Å². The van der Waals surface area contributed by atoms with E-state index >= 15 is 0 Å². The highest BCUT2D eigenvalue weighted by atomic mass is 16.2. The van der Waals surface area contributed by atoms with Gasteiger partial charge in [0.05, 0.1) is 12.1 Å². The third-order valence-corrected chi connectivity index (χ3v) is 2.07. The molecule has 2 atom stereocenters. The van der Waals surface area contributed by atoms with Crippen LogP contribution >= 0.6 is 0 Å². The first-order valence-electron chi connectivity index (χ1n) is 3.37. The van der Waals surface area contributed by atoms with Gasteiger partial charge < -0.3 is 5.32 Å². The normalized spacial score (nSPS) is 39.8. The van der Waals surface area contributed by atoms with Crippen molar-refractivity contribution in [1.29, 1.82) is 0 Å². The number of hydrogen-bond acceptors (Lipinski definition) is 1. The number of fused-ring (bicyclic) bond motifs is 1. The van der Waals surface area contributed by atoms with Crippen molar-refractivity contribution in [2.75, 3.05) is 0 Å². The summed E-state index contributed by atoms with van der Waals surface area (Å²) < 4.78 is 0. The zero-order valence-electron chi connectivity index (χ0n) is 5.13. The average Bonchev–Trinajstić information content (AvgIpc) is 2.22. The topological polar surface area (TPSA) is 43.2 Å². The van der Waals surface area contributed by atoms with Crippen LogP contribution in [0.2, 0.25) is 0 Å². The lowest BCUT2D eigenvalue weighted by Gasteiger charge is -2.02. The highest BCUT2D eigenvalue weighted by Gasteiger charge is 2.36. The summed E-state index contributed by atoms with van der Waals surface area (Å²) in [6, 6.07) is 0.597. The fourth-order valence-corrected chi connectivity index (χ4v) is 1.61. The maximum Gasteiger partial charge on any atom is 0.336 e. The first-order valence-corrected chi connectivity index (χ1v) is 3.37. The van der Waals surface area contributed by atoms with Crippen LogP contribution in [0.25, 0.3) is 0 Å². The van der Waals surface area contributed by atoms with Gasteiger partial charge in [0.25, 0.3) is 0 Å². The first-order chi connectivity index (χ1) is 4.36. The first kappa shape index (κ1) is 5.09. The average molecular weight is 125 g/mol. The summed E-state index contributed by atoms with van der Waals surface area (Å²) in [7, 11) is 0. The van der Waals surface area contributed by atoms with E-state index in [1.165, 1.54) is 6.42 Å². The third-order valence-electron chi connectivity index (χ3n) is 2.07. The molecule has 2 unspecified atom stereocenters. The van der Waals surface area contributed by atoms with Gasteiger partial charge in [0.2, 0.25) is 0 Å². The number of carbonyl (C=O) groups excluding carboxylic acids is 1. The van der Waals surface area contributed by atoms with E-state index in [-0.39, 0.29) is 6.03 Å². The van der Waals surface area contributed by atoms with Gasteiger partial charge in [-0.25, -0.2) is 10.1 Å². The zero-order valence-corrected chi connectivity index (χ0v) is 5.13. The van der Waals surface area contributed by atoms with Crippen LogP contribution in [0.5, 0.6) is 0 Å². The second-order valence-corrected chi connectivity index (χ2v) is 2.68. The van der Waals surface area contributed by atoms with Gasteiger partial charge in [0.15, 0.2) is 0 Å². The van der Waals surface area contributed by atoms with E-state index in [0.717, 1.165) is 12.8 Å². The molecule has 0 aromatic carbocycles. The summed E-state index contributed by atoms with van der Waals surface area (Å²) in [4.78, 5) is 10.6. The van der Waals surface area contributed by atoms with Crippen LogP contribution in [0.3, 0.4) is 0 Å². The van der Waals surface area contributed by atoms with Crippen LogP contribution in [-0.4, -0.2) is 18.1 Å². The van der Waals surface area contributed by atoms with Crippen LogP contribution in [-0.2, 0) is 0 Å². The lowest BCUT2D eigenvalue weighted by atomic mass is 10.2. The van der Waals surface area contributed by atoms with Gasteiger partial charge in [-0.15, -0.1) is 0 Å². The molecule has 1 N–H and O–H groups in total. The Balaban J connectivity index is 2.09. The molecule has 0 aromatic rings. The Morgan fingerprint density at radius 1 is 1.56 bits per heavy atom. The molecule has 3 heteroatoms. The summed E-state index contributed by atoms with van der Waals surface area (Å²) in [6.07, 6.45) is 3.45. The summed E-state index contributed by atoms with van der Waals surface area (Å²) in [6.45, 7) is 0. The molecule has 1 heterocycles. The van der Waals surface area contributed by atoms with Crippen LogP contribution in [0.1, 0.15) is 19.3 Å². The van der Waals surface area contributed by atoms with Gasteiger partial charge in [-0.2, -0.15) is 0 Å². The molecule has 3 nitrogen and oxygen atoms in total. The van der Waals surface area contributed by atoms with Crippen LogP contribution in [0.15, 0.2) is 0 Å². The van der Waals surface area contributed by atoms with Gasteiger partial charge in [-0.1, -0.05) is 0 Å².